The van der Waals surface area contributed by atoms with Crippen LogP contribution in [0.15, 0.2) is 0 Å². The molecule has 150 valence electrons. The Morgan fingerprint density at radius 1 is 0.760 bits per heavy atom. The molecule has 0 aromatic carbocycles. The van der Waals surface area contributed by atoms with Gasteiger partial charge in [0.25, 0.3) is 5.97 Å². The van der Waals surface area contributed by atoms with Gasteiger partial charge in [-0.3, -0.25) is 0 Å². The van der Waals surface area contributed by atoms with Gasteiger partial charge in [-0.25, -0.2) is 5.41 Å². The molecular weight excluding hydrogens is 334 g/mol. The third kappa shape index (κ3) is 13.5. The summed E-state index contributed by atoms with van der Waals surface area (Å²) in [6.45, 7) is 12.4. The standard InChI is InChI=1S/C19H40O3.CHNS/c1-6-11-12-13-14-15-17-18(16-7-2)19(20-8-3,21-9-4)22-10-5;2-1-3/h18H,6-17H2,1-5H3;2H. The maximum atomic E-state index is 5.98. The summed E-state index contributed by atoms with van der Waals surface area (Å²) in [7, 11) is 0. The van der Waals surface area contributed by atoms with Crippen molar-refractivity contribution in [3.8, 4) is 0 Å². The van der Waals surface area contributed by atoms with Crippen LogP contribution in [-0.4, -0.2) is 31.0 Å². The average molecular weight is 376 g/mol. The molecule has 0 aromatic heterocycles. The van der Waals surface area contributed by atoms with E-state index in [-0.39, 0.29) is 0 Å². The van der Waals surface area contributed by atoms with Gasteiger partial charge in [-0.05, 0) is 45.8 Å². The summed E-state index contributed by atoms with van der Waals surface area (Å²) in [5.41, 5.74) is 0. The van der Waals surface area contributed by atoms with Crippen molar-refractivity contribution in [3.05, 3.63) is 0 Å². The van der Waals surface area contributed by atoms with Crippen LogP contribution in [0.1, 0.15) is 92.4 Å². The smallest absolute Gasteiger partial charge is 0.285 e. The maximum absolute atomic E-state index is 5.98. The minimum Gasteiger partial charge on any atom is -0.328 e. The van der Waals surface area contributed by atoms with Crippen molar-refractivity contribution in [1.29, 1.82) is 5.41 Å². The number of hydrogen-bond donors (Lipinski definition) is 1. The Hall–Kier alpha value is -0.320. The van der Waals surface area contributed by atoms with E-state index >= 15 is 0 Å². The van der Waals surface area contributed by atoms with Crippen LogP contribution >= 0.6 is 12.2 Å². The molecule has 0 amide bonds. The highest BCUT2D eigenvalue weighted by atomic mass is 32.1. The van der Waals surface area contributed by atoms with Gasteiger partial charge in [0.15, 0.2) is 0 Å². The summed E-state index contributed by atoms with van der Waals surface area (Å²) in [6.07, 6.45) is 11.3. The summed E-state index contributed by atoms with van der Waals surface area (Å²) in [6, 6.07) is 0. The molecule has 0 fully saturated rings. The summed E-state index contributed by atoms with van der Waals surface area (Å²) in [5, 5.41) is 7.36. The maximum Gasteiger partial charge on any atom is 0.285 e. The largest absolute Gasteiger partial charge is 0.328 e. The molecule has 25 heavy (non-hydrogen) atoms. The molecule has 0 saturated heterocycles. The van der Waals surface area contributed by atoms with E-state index in [2.05, 4.69) is 26.1 Å². The van der Waals surface area contributed by atoms with Crippen LogP contribution < -0.4 is 0 Å². The van der Waals surface area contributed by atoms with Gasteiger partial charge < -0.3 is 14.2 Å². The second-order valence-corrected chi connectivity index (χ2v) is 6.25. The Kier molecular flexibility index (Phi) is 21.5. The van der Waals surface area contributed by atoms with Crippen molar-refractivity contribution < 1.29 is 14.2 Å². The molecule has 1 atom stereocenters. The lowest BCUT2D eigenvalue weighted by molar-refractivity contribution is -0.403. The minimum atomic E-state index is -0.836. The van der Waals surface area contributed by atoms with Gasteiger partial charge in [-0.15, -0.1) is 0 Å². The minimum absolute atomic E-state index is 0.323. The van der Waals surface area contributed by atoms with Crippen molar-refractivity contribution in [3.63, 3.8) is 0 Å². The molecule has 0 bridgehead atoms. The van der Waals surface area contributed by atoms with Crippen molar-refractivity contribution in [1.82, 2.24) is 0 Å². The zero-order chi connectivity index (χ0) is 19.4. The van der Waals surface area contributed by atoms with Gasteiger partial charge in [0.2, 0.25) is 0 Å². The Morgan fingerprint density at radius 3 is 1.60 bits per heavy atom. The molecule has 5 heteroatoms. The fourth-order valence-corrected chi connectivity index (χ4v) is 3.10. The molecule has 0 saturated carbocycles. The van der Waals surface area contributed by atoms with Crippen LogP contribution in [0.5, 0.6) is 0 Å². The van der Waals surface area contributed by atoms with E-state index in [0.717, 1.165) is 19.3 Å². The summed E-state index contributed by atoms with van der Waals surface area (Å²) >= 11 is 3.81. The van der Waals surface area contributed by atoms with Crippen LogP contribution in [-0.2, 0) is 14.2 Å². The van der Waals surface area contributed by atoms with Crippen LogP contribution in [0, 0.1) is 11.3 Å². The predicted molar refractivity (Wildman–Crippen MR) is 109 cm³/mol. The first kappa shape index (κ1) is 26.9. The number of nitrogens with one attached hydrogen (secondary N) is 1. The van der Waals surface area contributed by atoms with E-state index in [4.69, 9.17) is 19.6 Å². The molecule has 0 aliphatic carbocycles. The van der Waals surface area contributed by atoms with Crippen LogP contribution in [0.25, 0.3) is 0 Å². The van der Waals surface area contributed by atoms with E-state index in [0.29, 0.717) is 25.7 Å². The number of ether oxygens (including phenoxy) is 3. The van der Waals surface area contributed by atoms with E-state index in [1.54, 1.807) is 5.16 Å². The number of rotatable bonds is 16. The second kappa shape index (κ2) is 20.0. The number of unbranched alkanes of at least 4 members (excludes halogenated alkanes) is 5. The monoisotopic (exact) mass is 375 g/mol. The van der Waals surface area contributed by atoms with Crippen molar-refractivity contribution >= 4 is 17.4 Å². The Labute approximate surface area is 161 Å². The lowest BCUT2D eigenvalue weighted by Crippen LogP contribution is -2.46. The van der Waals surface area contributed by atoms with E-state index in [1.165, 1.54) is 38.5 Å². The quantitative estimate of drug-likeness (QED) is 0.143. The number of thiocarbonyl (C=S) groups is 1. The second-order valence-electron chi connectivity index (χ2n) is 6.05. The lowest BCUT2D eigenvalue weighted by Gasteiger charge is -2.39. The molecule has 0 radical (unpaired) electrons. The molecule has 1 unspecified atom stereocenters. The summed E-state index contributed by atoms with van der Waals surface area (Å²) < 4.78 is 17.9. The summed E-state index contributed by atoms with van der Waals surface area (Å²) in [5.74, 6) is -0.513. The van der Waals surface area contributed by atoms with E-state index in [1.807, 2.05) is 20.8 Å². The topological polar surface area (TPSA) is 51.5 Å². The van der Waals surface area contributed by atoms with Crippen molar-refractivity contribution in [2.75, 3.05) is 19.8 Å². The highest BCUT2D eigenvalue weighted by Crippen LogP contribution is 2.33. The number of isothiocyanates is 1. The van der Waals surface area contributed by atoms with Gasteiger partial charge >= 0.3 is 0 Å². The zero-order valence-electron chi connectivity index (χ0n) is 17.2. The molecular formula is C20H41NO3S. The SMILES string of the molecule is CCCCCCCCC(CCC)C(OCC)(OCC)OCC.N=C=S. The first-order valence-corrected chi connectivity index (χ1v) is 10.5. The first-order valence-electron chi connectivity index (χ1n) is 10.1. The third-order valence-corrected chi connectivity index (χ3v) is 4.08. The van der Waals surface area contributed by atoms with Gasteiger partial charge in [0.1, 0.15) is 0 Å². The highest BCUT2D eigenvalue weighted by molar-refractivity contribution is 7.78. The van der Waals surface area contributed by atoms with Gasteiger partial charge in [0.05, 0.1) is 5.16 Å². The molecule has 0 spiro atoms. The lowest BCUT2D eigenvalue weighted by atomic mass is 9.93. The number of hydrogen-bond acceptors (Lipinski definition) is 5. The molecule has 0 rings (SSSR count). The van der Waals surface area contributed by atoms with Crippen LogP contribution in [0.3, 0.4) is 0 Å². The Bertz CT molecular complexity index is 290. The molecule has 1 N–H and O–H groups in total. The van der Waals surface area contributed by atoms with Crippen LogP contribution in [0.4, 0.5) is 0 Å². The third-order valence-electron chi connectivity index (χ3n) is 4.08. The van der Waals surface area contributed by atoms with Crippen molar-refractivity contribution in [2.45, 2.75) is 98.4 Å². The zero-order valence-corrected chi connectivity index (χ0v) is 18.0. The van der Waals surface area contributed by atoms with Gasteiger partial charge in [-0.1, -0.05) is 58.8 Å². The van der Waals surface area contributed by atoms with E-state index in [9.17, 15) is 0 Å². The Balaban J connectivity index is 0. The first-order chi connectivity index (χ1) is 12.1. The van der Waals surface area contributed by atoms with Gasteiger partial charge in [0, 0.05) is 25.7 Å². The molecule has 4 nitrogen and oxygen atoms in total. The van der Waals surface area contributed by atoms with Crippen LogP contribution in [0.2, 0.25) is 0 Å². The fourth-order valence-electron chi connectivity index (χ4n) is 3.10. The average Bonchev–Trinajstić information content (AvgIpc) is 2.58. The molecule has 0 aliphatic rings. The molecule has 0 aromatic rings. The van der Waals surface area contributed by atoms with E-state index < -0.39 is 5.97 Å². The van der Waals surface area contributed by atoms with Crippen molar-refractivity contribution in [2.24, 2.45) is 5.92 Å². The predicted octanol–water partition coefficient (Wildman–Crippen LogP) is 6.58. The summed E-state index contributed by atoms with van der Waals surface area (Å²) in [4.78, 5) is 0. The fraction of sp³-hybridized carbons (Fsp3) is 0.950. The van der Waals surface area contributed by atoms with Gasteiger partial charge in [-0.2, -0.15) is 0 Å². The molecule has 0 aliphatic heterocycles. The Morgan fingerprint density at radius 2 is 1.20 bits per heavy atom. The molecule has 0 heterocycles. The normalized spacial score (nSPS) is 12.2. The highest BCUT2D eigenvalue weighted by Gasteiger charge is 2.41.